The predicted octanol–water partition coefficient (Wildman–Crippen LogP) is 5.19. The third-order valence-electron chi connectivity index (χ3n) is 14.1. The number of nitriles is 1. The molecule has 3 aromatic rings. The Labute approximate surface area is 358 Å². The first-order valence-corrected chi connectivity index (χ1v) is 21.8. The molecule has 1 aromatic carbocycles. The van der Waals surface area contributed by atoms with Gasteiger partial charge in [0.2, 0.25) is 17.7 Å². The first-order valence-electron chi connectivity index (χ1n) is 21.8. The van der Waals surface area contributed by atoms with E-state index in [1.807, 2.05) is 35.4 Å². The molecule has 0 bridgehead atoms. The molecule has 9 rings (SSSR count). The Balaban J connectivity index is 0.669. The van der Waals surface area contributed by atoms with Gasteiger partial charge < -0.3 is 29.8 Å². The normalized spacial score (nSPS) is 22.4. The van der Waals surface area contributed by atoms with Crippen LogP contribution in [-0.4, -0.2) is 108 Å². The number of benzene rings is 1. The topological polar surface area (TPSA) is 158 Å². The fourth-order valence-electron chi connectivity index (χ4n) is 10.3. The average molecular weight is 853 g/mol. The summed E-state index contributed by atoms with van der Waals surface area (Å²) in [6.07, 6.45) is 4.49. The van der Waals surface area contributed by atoms with Gasteiger partial charge in [-0.05, 0) is 119 Å². The number of nitrogens with zero attached hydrogens (tertiary/aromatic N) is 8. The molecule has 1 spiro atoms. The number of aromatic nitrogens is 2. The van der Waals surface area contributed by atoms with Crippen molar-refractivity contribution in [3.8, 4) is 6.07 Å². The number of fused-ring (bicyclic) bond motifs is 1. The van der Waals surface area contributed by atoms with Gasteiger partial charge in [-0.1, -0.05) is 0 Å². The fraction of sp³-hybridized carbons (Fsp3) is 0.533. The summed E-state index contributed by atoms with van der Waals surface area (Å²) < 4.78 is 40.4. The Morgan fingerprint density at radius 3 is 2.27 bits per heavy atom. The minimum Gasteiger partial charge on any atom is -0.371 e. The second-order valence-corrected chi connectivity index (χ2v) is 18.0. The summed E-state index contributed by atoms with van der Waals surface area (Å²) in [6.45, 7) is 8.28. The highest BCUT2D eigenvalue weighted by molar-refractivity contribution is 6.05. The van der Waals surface area contributed by atoms with Gasteiger partial charge in [0.25, 0.3) is 5.91 Å². The summed E-state index contributed by atoms with van der Waals surface area (Å²) in [6, 6.07) is 12.3. The van der Waals surface area contributed by atoms with Gasteiger partial charge in [0.05, 0.1) is 46.9 Å². The van der Waals surface area contributed by atoms with Crippen LogP contribution in [0.4, 0.5) is 36.2 Å². The third kappa shape index (κ3) is 8.53. The minimum absolute atomic E-state index is 0.144. The van der Waals surface area contributed by atoms with Gasteiger partial charge >= 0.3 is 6.18 Å². The zero-order valence-corrected chi connectivity index (χ0v) is 34.6. The summed E-state index contributed by atoms with van der Waals surface area (Å²) in [5, 5.41) is 14.4. The number of pyridine rings is 2. The molecular formula is C45H51F3N10O4. The van der Waals surface area contributed by atoms with Gasteiger partial charge in [-0.2, -0.15) is 18.4 Å². The van der Waals surface area contributed by atoms with Crippen molar-refractivity contribution in [1.82, 2.24) is 25.1 Å². The van der Waals surface area contributed by atoms with Crippen molar-refractivity contribution >= 4 is 46.6 Å². The Morgan fingerprint density at radius 1 is 0.887 bits per heavy atom. The maximum atomic E-state index is 13.5. The molecule has 4 amide bonds. The standard InChI is InChI=1S/C45H51F3N10O4/c46-45(47,48)35-23-32(2-1-31(35)24-49)55-19-12-30(13-20-55)41(60)52-38-6-3-33(25-50-38)56-17-10-29(11-18-56)9-16-54-21-14-44(15-22-54)27-57(28-44)39-7-4-34-36(51-39)26-58(43(34)62)37-5-8-40(59)53-42(37)61/h1-4,6-7,23,25,29-30,37H,5,8-22,26-28H2,(H,50,52,60)(H,53,59,61). The molecule has 2 aromatic heterocycles. The molecule has 62 heavy (non-hydrogen) atoms. The molecule has 5 saturated heterocycles. The van der Waals surface area contributed by atoms with E-state index >= 15 is 0 Å². The Bertz CT molecular complexity index is 2250. The van der Waals surface area contributed by atoms with Crippen LogP contribution in [-0.2, 0) is 27.1 Å². The SMILES string of the molecule is N#Cc1ccc(N2CCC(C(=O)Nc3ccc(N4CCC(CCN5CCC6(CC5)CN(c5ccc7c(n5)CN(C5CCC(=O)NC5=O)C7=O)C6)CC4)cn3)CC2)cc1C(F)(F)F. The zero-order chi connectivity index (χ0) is 43.2. The summed E-state index contributed by atoms with van der Waals surface area (Å²) in [4.78, 5) is 70.3. The number of anilines is 4. The van der Waals surface area contributed by atoms with Gasteiger partial charge in [-0.25, -0.2) is 9.97 Å². The van der Waals surface area contributed by atoms with Crippen LogP contribution < -0.4 is 25.3 Å². The molecule has 17 heteroatoms. The van der Waals surface area contributed by atoms with Crippen molar-refractivity contribution in [3.05, 3.63) is 71.0 Å². The number of alkyl halides is 3. The molecule has 6 aliphatic heterocycles. The van der Waals surface area contributed by atoms with Crippen LogP contribution in [0, 0.1) is 28.6 Å². The molecule has 1 atom stereocenters. The van der Waals surface area contributed by atoms with Crippen LogP contribution in [0.5, 0.6) is 0 Å². The lowest BCUT2D eigenvalue weighted by Gasteiger charge is -2.54. The second kappa shape index (κ2) is 16.8. The average Bonchev–Trinajstić information content (AvgIpc) is 3.59. The molecule has 14 nitrogen and oxygen atoms in total. The first-order chi connectivity index (χ1) is 29.8. The lowest BCUT2D eigenvalue weighted by Crippen LogP contribution is -2.60. The molecule has 326 valence electrons. The van der Waals surface area contributed by atoms with Gasteiger partial charge in [0, 0.05) is 62.7 Å². The fourth-order valence-corrected chi connectivity index (χ4v) is 10.3. The third-order valence-corrected chi connectivity index (χ3v) is 14.1. The number of hydrogen-bond acceptors (Lipinski definition) is 11. The minimum atomic E-state index is -4.62. The number of hydrogen-bond donors (Lipinski definition) is 2. The van der Waals surface area contributed by atoms with Crippen LogP contribution in [0.1, 0.15) is 85.0 Å². The van der Waals surface area contributed by atoms with E-state index in [0.717, 1.165) is 89.1 Å². The molecule has 5 fully saturated rings. The van der Waals surface area contributed by atoms with Crippen molar-refractivity contribution in [3.63, 3.8) is 0 Å². The van der Waals surface area contributed by atoms with Crippen LogP contribution in [0.2, 0.25) is 0 Å². The first kappa shape index (κ1) is 41.6. The van der Waals surface area contributed by atoms with E-state index in [1.54, 1.807) is 11.0 Å². The highest BCUT2D eigenvalue weighted by Crippen LogP contribution is 2.43. The van der Waals surface area contributed by atoms with Crippen molar-refractivity contribution in [2.24, 2.45) is 17.3 Å². The summed E-state index contributed by atoms with van der Waals surface area (Å²) in [7, 11) is 0. The number of carbonyl (C=O) groups excluding carboxylic acids is 4. The quantitative estimate of drug-likeness (QED) is 0.273. The van der Waals surface area contributed by atoms with E-state index < -0.39 is 29.3 Å². The molecule has 6 aliphatic rings. The lowest BCUT2D eigenvalue weighted by atomic mass is 9.72. The van der Waals surface area contributed by atoms with E-state index in [9.17, 15) is 32.3 Å². The van der Waals surface area contributed by atoms with E-state index in [1.165, 1.54) is 18.6 Å². The largest absolute Gasteiger partial charge is 0.417 e. The maximum Gasteiger partial charge on any atom is 0.417 e. The number of carbonyl (C=O) groups is 4. The van der Waals surface area contributed by atoms with E-state index in [-0.39, 0.29) is 36.6 Å². The summed E-state index contributed by atoms with van der Waals surface area (Å²) >= 11 is 0. The van der Waals surface area contributed by atoms with E-state index in [0.29, 0.717) is 66.4 Å². The van der Waals surface area contributed by atoms with E-state index in [2.05, 4.69) is 30.3 Å². The van der Waals surface area contributed by atoms with Gasteiger partial charge in [-0.3, -0.25) is 24.5 Å². The highest BCUT2D eigenvalue weighted by Gasteiger charge is 2.46. The number of amides is 4. The number of likely N-dealkylation sites (tertiary alicyclic amines) is 1. The number of halogens is 3. The van der Waals surface area contributed by atoms with Crippen molar-refractivity contribution in [2.45, 2.75) is 76.6 Å². The van der Waals surface area contributed by atoms with Gasteiger partial charge in [-0.15, -0.1) is 0 Å². The van der Waals surface area contributed by atoms with Gasteiger partial charge in [0.1, 0.15) is 17.7 Å². The number of rotatable bonds is 9. The molecule has 2 N–H and O–H groups in total. The predicted molar refractivity (Wildman–Crippen MR) is 224 cm³/mol. The molecule has 0 saturated carbocycles. The second-order valence-electron chi connectivity index (χ2n) is 18.0. The maximum absolute atomic E-state index is 13.5. The molecule has 0 aliphatic carbocycles. The van der Waals surface area contributed by atoms with Crippen molar-refractivity contribution in [1.29, 1.82) is 5.26 Å². The molecular weight excluding hydrogens is 802 g/mol. The smallest absolute Gasteiger partial charge is 0.371 e. The van der Waals surface area contributed by atoms with Crippen molar-refractivity contribution < 1.29 is 32.3 Å². The molecule has 1 unspecified atom stereocenters. The number of nitrogens with one attached hydrogen (secondary N) is 2. The summed E-state index contributed by atoms with van der Waals surface area (Å²) in [5.74, 6) is 0.699. The Morgan fingerprint density at radius 2 is 1.60 bits per heavy atom. The summed E-state index contributed by atoms with van der Waals surface area (Å²) in [5.41, 5.74) is 1.61. The molecule has 8 heterocycles. The lowest BCUT2D eigenvalue weighted by molar-refractivity contribution is -0.138. The van der Waals surface area contributed by atoms with E-state index in [4.69, 9.17) is 10.2 Å². The van der Waals surface area contributed by atoms with Crippen LogP contribution in [0.3, 0.4) is 0 Å². The van der Waals surface area contributed by atoms with Crippen molar-refractivity contribution in [2.75, 3.05) is 78.9 Å². The molecule has 0 radical (unpaired) electrons. The highest BCUT2D eigenvalue weighted by atomic mass is 19.4. The number of piperidine rings is 4. The zero-order valence-electron chi connectivity index (χ0n) is 34.6. The Kier molecular flexibility index (Phi) is 11.3. The number of imide groups is 1. The van der Waals surface area contributed by atoms with Gasteiger partial charge in [0.15, 0.2) is 0 Å². The van der Waals surface area contributed by atoms with Crippen LogP contribution in [0.25, 0.3) is 0 Å². The monoisotopic (exact) mass is 852 g/mol. The van der Waals surface area contributed by atoms with Crippen LogP contribution >= 0.6 is 0 Å². The van der Waals surface area contributed by atoms with Crippen LogP contribution in [0.15, 0.2) is 48.7 Å². The Hall–Kier alpha value is -5.76.